The van der Waals surface area contributed by atoms with E-state index in [0.717, 1.165) is 19.4 Å². The Morgan fingerprint density at radius 1 is 1.47 bits per heavy atom. The van der Waals surface area contributed by atoms with Crippen LogP contribution in [0.4, 0.5) is 0 Å². The maximum absolute atomic E-state index is 12.2. The van der Waals surface area contributed by atoms with E-state index < -0.39 is 0 Å². The summed E-state index contributed by atoms with van der Waals surface area (Å²) in [6.07, 6.45) is 5.00. The Bertz CT molecular complexity index is 417. The first-order chi connectivity index (χ1) is 8.18. The van der Waals surface area contributed by atoms with Gasteiger partial charge in [-0.25, -0.2) is 0 Å². The molecule has 1 saturated heterocycles. The zero-order chi connectivity index (χ0) is 12.3. The predicted molar refractivity (Wildman–Crippen MR) is 63.5 cm³/mol. The van der Waals surface area contributed by atoms with Gasteiger partial charge >= 0.3 is 0 Å². The van der Waals surface area contributed by atoms with Crippen LogP contribution in [0, 0.1) is 5.92 Å². The second-order valence-corrected chi connectivity index (χ2v) is 4.41. The number of amides is 1. The quantitative estimate of drug-likeness (QED) is 0.726. The fraction of sp³-hybridized carbons (Fsp3) is 0.462. The van der Waals surface area contributed by atoms with Crippen LogP contribution in [0.5, 0.6) is 0 Å². The van der Waals surface area contributed by atoms with Crippen LogP contribution in [0.2, 0.25) is 0 Å². The summed E-state index contributed by atoms with van der Waals surface area (Å²) in [5.41, 5.74) is 0.642. The van der Waals surface area contributed by atoms with Gasteiger partial charge in [-0.2, -0.15) is 0 Å². The molecule has 2 rings (SSSR count). The van der Waals surface area contributed by atoms with Crippen LogP contribution < -0.4 is 0 Å². The number of hydrogen-bond donors (Lipinski definition) is 0. The molecule has 1 aliphatic rings. The lowest BCUT2D eigenvalue weighted by atomic mass is 9.90. The van der Waals surface area contributed by atoms with Crippen LogP contribution in [-0.2, 0) is 4.79 Å². The van der Waals surface area contributed by atoms with Crippen LogP contribution in [0.25, 0.3) is 0 Å². The third-order valence-electron chi connectivity index (χ3n) is 3.18. The topological polar surface area (TPSA) is 50.3 Å². The Morgan fingerprint density at radius 3 is 2.94 bits per heavy atom. The van der Waals surface area contributed by atoms with E-state index in [2.05, 4.69) is 4.98 Å². The summed E-state index contributed by atoms with van der Waals surface area (Å²) in [4.78, 5) is 29.2. The number of aromatic nitrogens is 1. The highest BCUT2D eigenvalue weighted by molar-refractivity contribution is 5.98. The van der Waals surface area contributed by atoms with Gasteiger partial charge in [0.15, 0.2) is 5.78 Å². The van der Waals surface area contributed by atoms with Crippen molar-refractivity contribution in [1.82, 2.24) is 9.88 Å². The molecule has 90 valence electrons. The van der Waals surface area contributed by atoms with Gasteiger partial charge in [-0.3, -0.25) is 14.6 Å². The summed E-state index contributed by atoms with van der Waals surface area (Å²) in [5.74, 6) is 0.0783. The first-order valence-corrected chi connectivity index (χ1v) is 5.88. The molecule has 1 fully saturated rings. The van der Waals surface area contributed by atoms with Crippen LogP contribution in [-0.4, -0.2) is 34.7 Å². The lowest BCUT2D eigenvalue weighted by Crippen LogP contribution is -2.41. The zero-order valence-electron chi connectivity index (χ0n) is 9.93. The smallest absolute Gasteiger partial charge is 0.219 e. The van der Waals surface area contributed by atoms with Crippen LogP contribution >= 0.6 is 0 Å². The molecule has 1 aromatic heterocycles. The van der Waals surface area contributed by atoms with E-state index in [0.29, 0.717) is 12.1 Å². The van der Waals surface area contributed by atoms with Gasteiger partial charge in [0.25, 0.3) is 0 Å². The first-order valence-electron chi connectivity index (χ1n) is 5.88. The third kappa shape index (κ3) is 2.70. The van der Waals surface area contributed by atoms with Crippen LogP contribution in [0.15, 0.2) is 24.5 Å². The SMILES string of the molecule is CC(=O)N1CCCC(C(=O)c2cccnc2)C1. The Balaban J connectivity index is 2.07. The average Bonchev–Trinajstić information content (AvgIpc) is 2.39. The van der Waals surface area contributed by atoms with Gasteiger partial charge in [0.05, 0.1) is 0 Å². The molecule has 0 aromatic carbocycles. The molecule has 2 heterocycles. The van der Waals surface area contributed by atoms with Gasteiger partial charge in [-0.05, 0) is 25.0 Å². The molecule has 0 saturated carbocycles. The molecule has 17 heavy (non-hydrogen) atoms. The summed E-state index contributed by atoms with van der Waals surface area (Å²) in [6, 6.07) is 3.54. The molecule has 1 atom stereocenters. The fourth-order valence-electron chi connectivity index (χ4n) is 2.22. The molecule has 1 aromatic rings. The summed E-state index contributed by atoms with van der Waals surface area (Å²) in [7, 11) is 0. The molecule has 4 nitrogen and oxygen atoms in total. The van der Waals surface area contributed by atoms with E-state index in [1.54, 1.807) is 36.4 Å². The maximum atomic E-state index is 12.2. The number of Topliss-reactive ketones (excluding diaryl/α,β-unsaturated/α-hetero) is 1. The third-order valence-corrected chi connectivity index (χ3v) is 3.18. The van der Waals surface area contributed by atoms with Gasteiger partial charge < -0.3 is 4.90 Å². The van der Waals surface area contributed by atoms with Crippen molar-refractivity contribution in [3.63, 3.8) is 0 Å². The Kier molecular flexibility index (Phi) is 3.52. The molecule has 1 unspecified atom stereocenters. The van der Waals surface area contributed by atoms with Crippen molar-refractivity contribution in [2.24, 2.45) is 5.92 Å². The highest BCUT2D eigenvalue weighted by atomic mass is 16.2. The van der Waals surface area contributed by atoms with Gasteiger partial charge in [0.1, 0.15) is 0 Å². The molecule has 0 radical (unpaired) electrons. The Hall–Kier alpha value is -1.71. The van der Waals surface area contributed by atoms with Gasteiger partial charge in [0, 0.05) is 43.9 Å². The molecular weight excluding hydrogens is 216 g/mol. The van der Waals surface area contributed by atoms with Gasteiger partial charge in [-0.15, -0.1) is 0 Å². The van der Waals surface area contributed by atoms with E-state index in [1.807, 2.05) is 0 Å². The molecule has 4 heteroatoms. The number of rotatable bonds is 2. The summed E-state index contributed by atoms with van der Waals surface area (Å²) >= 11 is 0. The predicted octanol–water partition coefficient (Wildman–Crippen LogP) is 1.52. The lowest BCUT2D eigenvalue weighted by Gasteiger charge is -2.31. The van der Waals surface area contributed by atoms with Crippen molar-refractivity contribution in [1.29, 1.82) is 0 Å². The highest BCUT2D eigenvalue weighted by Gasteiger charge is 2.27. The highest BCUT2D eigenvalue weighted by Crippen LogP contribution is 2.20. The minimum absolute atomic E-state index is 0.0497. The number of nitrogens with zero attached hydrogens (tertiary/aromatic N) is 2. The van der Waals surface area contributed by atoms with Crippen molar-refractivity contribution in [2.45, 2.75) is 19.8 Å². The molecule has 0 bridgehead atoms. The zero-order valence-corrected chi connectivity index (χ0v) is 9.93. The summed E-state index contributed by atoms with van der Waals surface area (Å²) in [5, 5.41) is 0. The molecule has 0 N–H and O–H groups in total. The number of carbonyl (C=O) groups is 2. The van der Waals surface area contributed by atoms with Crippen LogP contribution in [0.3, 0.4) is 0 Å². The molecular formula is C13H16N2O2. The molecule has 0 aliphatic carbocycles. The number of hydrogen-bond acceptors (Lipinski definition) is 3. The van der Waals surface area contributed by atoms with E-state index in [4.69, 9.17) is 0 Å². The number of ketones is 1. The number of likely N-dealkylation sites (tertiary alicyclic amines) is 1. The van der Waals surface area contributed by atoms with Crippen molar-refractivity contribution in [2.75, 3.05) is 13.1 Å². The second kappa shape index (κ2) is 5.08. The monoisotopic (exact) mass is 232 g/mol. The molecule has 1 aliphatic heterocycles. The Labute approximate surface area is 101 Å². The standard InChI is InChI=1S/C13H16N2O2/c1-10(16)15-7-3-5-12(9-15)13(17)11-4-2-6-14-8-11/h2,4,6,8,12H,3,5,7,9H2,1H3. The number of carbonyl (C=O) groups excluding carboxylic acids is 2. The number of piperidine rings is 1. The Morgan fingerprint density at radius 2 is 2.29 bits per heavy atom. The summed E-state index contributed by atoms with van der Waals surface area (Å²) < 4.78 is 0. The van der Waals surface area contributed by atoms with Crippen LogP contribution in [0.1, 0.15) is 30.1 Å². The second-order valence-electron chi connectivity index (χ2n) is 4.41. The maximum Gasteiger partial charge on any atom is 0.219 e. The lowest BCUT2D eigenvalue weighted by molar-refractivity contribution is -0.130. The number of pyridine rings is 1. The van der Waals surface area contributed by atoms with Gasteiger partial charge in [0.2, 0.25) is 5.91 Å². The normalized spacial score (nSPS) is 20.1. The van der Waals surface area contributed by atoms with Crippen molar-refractivity contribution in [3.8, 4) is 0 Å². The molecule has 1 amide bonds. The van der Waals surface area contributed by atoms with Crippen molar-refractivity contribution >= 4 is 11.7 Å². The first kappa shape index (κ1) is 11.8. The fourth-order valence-corrected chi connectivity index (χ4v) is 2.22. The average molecular weight is 232 g/mol. The summed E-state index contributed by atoms with van der Waals surface area (Å²) in [6.45, 7) is 2.87. The van der Waals surface area contributed by atoms with E-state index in [-0.39, 0.29) is 17.6 Å². The molecule has 0 spiro atoms. The van der Waals surface area contributed by atoms with Crippen molar-refractivity contribution in [3.05, 3.63) is 30.1 Å². The van der Waals surface area contributed by atoms with Crippen molar-refractivity contribution < 1.29 is 9.59 Å². The largest absolute Gasteiger partial charge is 0.342 e. The van der Waals surface area contributed by atoms with Gasteiger partial charge in [-0.1, -0.05) is 0 Å². The minimum atomic E-state index is -0.0724. The van der Waals surface area contributed by atoms with E-state index in [1.165, 1.54) is 0 Å². The minimum Gasteiger partial charge on any atom is -0.342 e. The van der Waals surface area contributed by atoms with E-state index >= 15 is 0 Å². The van der Waals surface area contributed by atoms with E-state index in [9.17, 15) is 9.59 Å².